The van der Waals surface area contributed by atoms with E-state index in [1.54, 1.807) is 12.1 Å². The predicted molar refractivity (Wildman–Crippen MR) is 66.3 cm³/mol. The van der Waals surface area contributed by atoms with Crippen LogP contribution in [-0.4, -0.2) is 29.6 Å². The van der Waals surface area contributed by atoms with Crippen LogP contribution in [0.3, 0.4) is 0 Å². The van der Waals surface area contributed by atoms with Gasteiger partial charge in [0.15, 0.2) is 0 Å². The van der Waals surface area contributed by atoms with Crippen molar-refractivity contribution in [2.24, 2.45) is 0 Å². The molecule has 0 amide bonds. The van der Waals surface area contributed by atoms with Crippen LogP contribution in [0.1, 0.15) is 31.7 Å². The Morgan fingerprint density at radius 1 is 1.24 bits per heavy atom. The molecule has 1 N–H and O–H groups in total. The van der Waals surface area contributed by atoms with Crippen molar-refractivity contribution in [3.05, 3.63) is 35.6 Å². The predicted octanol–water partition coefficient (Wildman–Crippen LogP) is 2.52. The Hall–Kier alpha value is -0.930. The van der Waals surface area contributed by atoms with Gasteiger partial charge in [0.05, 0.1) is 5.60 Å². The fraction of sp³-hybridized carbons (Fsp3) is 0.571. The minimum Gasteiger partial charge on any atom is -0.385 e. The molecule has 0 atom stereocenters. The van der Waals surface area contributed by atoms with Crippen LogP contribution in [0.5, 0.6) is 0 Å². The van der Waals surface area contributed by atoms with Crippen molar-refractivity contribution in [2.75, 3.05) is 19.6 Å². The molecule has 1 aliphatic heterocycles. The second kappa shape index (κ2) is 5.15. The molecule has 0 aromatic heterocycles. The van der Waals surface area contributed by atoms with Crippen molar-refractivity contribution < 1.29 is 9.50 Å². The first-order valence-electron chi connectivity index (χ1n) is 6.35. The van der Waals surface area contributed by atoms with E-state index in [1.165, 1.54) is 12.1 Å². The van der Waals surface area contributed by atoms with Crippen LogP contribution in [-0.2, 0) is 5.60 Å². The second-order valence-electron chi connectivity index (χ2n) is 4.88. The lowest BCUT2D eigenvalue weighted by Gasteiger charge is -2.38. The van der Waals surface area contributed by atoms with Crippen molar-refractivity contribution in [3.63, 3.8) is 0 Å². The van der Waals surface area contributed by atoms with Gasteiger partial charge in [0.25, 0.3) is 0 Å². The molecule has 0 unspecified atom stereocenters. The first-order valence-corrected chi connectivity index (χ1v) is 6.35. The van der Waals surface area contributed by atoms with Crippen molar-refractivity contribution >= 4 is 0 Å². The highest BCUT2D eigenvalue weighted by molar-refractivity contribution is 5.23. The lowest BCUT2D eigenvalue weighted by molar-refractivity contribution is -0.0258. The third-order valence-electron chi connectivity index (χ3n) is 3.60. The Bertz CT molecular complexity index is 355. The maximum atomic E-state index is 12.9. The van der Waals surface area contributed by atoms with Crippen molar-refractivity contribution in [1.82, 2.24) is 4.90 Å². The van der Waals surface area contributed by atoms with Crippen LogP contribution in [0.2, 0.25) is 0 Å². The average molecular weight is 237 g/mol. The molecule has 2 nitrogen and oxygen atoms in total. The number of piperidine rings is 1. The van der Waals surface area contributed by atoms with Crippen LogP contribution in [0.15, 0.2) is 24.3 Å². The minimum absolute atomic E-state index is 0.249. The van der Waals surface area contributed by atoms with Crippen LogP contribution >= 0.6 is 0 Å². The third kappa shape index (κ3) is 2.85. The highest BCUT2D eigenvalue weighted by Crippen LogP contribution is 2.32. The standard InChI is InChI=1S/C14H20FNO/c1-2-9-16-10-7-14(17,8-11-16)12-3-5-13(15)6-4-12/h3-6,17H,2,7-11H2,1H3. The zero-order valence-corrected chi connectivity index (χ0v) is 10.3. The normalized spacial score (nSPS) is 20.4. The van der Waals surface area contributed by atoms with E-state index in [1.807, 2.05) is 0 Å². The Morgan fingerprint density at radius 2 is 1.82 bits per heavy atom. The van der Waals surface area contributed by atoms with Crippen LogP contribution in [0.25, 0.3) is 0 Å². The lowest BCUT2D eigenvalue weighted by atomic mass is 9.84. The highest BCUT2D eigenvalue weighted by Gasteiger charge is 2.33. The molecule has 17 heavy (non-hydrogen) atoms. The molecular weight excluding hydrogens is 217 g/mol. The average Bonchev–Trinajstić information content (AvgIpc) is 2.33. The number of hydrogen-bond acceptors (Lipinski definition) is 2. The molecule has 0 aliphatic carbocycles. The van der Waals surface area contributed by atoms with E-state index >= 15 is 0 Å². The van der Waals surface area contributed by atoms with E-state index in [2.05, 4.69) is 11.8 Å². The molecule has 0 saturated carbocycles. The van der Waals surface area contributed by atoms with Gasteiger partial charge in [-0.05, 0) is 43.5 Å². The Labute approximate surface area is 102 Å². The van der Waals surface area contributed by atoms with Gasteiger partial charge in [-0.2, -0.15) is 0 Å². The van der Waals surface area contributed by atoms with E-state index in [-0.39, 0.29) is 5.82 Å². The van der Waals surface area contributed by atoms with E-state index in [4.69, 9.17) is 0 Å². The molecule has 3 heteroatoms. The Balaban J connectivity index is 2.04. The SMILES string of the molecule is CCCN1CCC(O)(c2ccc(F)cc2)CC1. The first-order chi connectivity index (χ1) is 8.14. The maximum Gasteiger partial charge on any atom is 0.123 e. The zero-order valence-electron chi connectivity index (χ0n) is 10.3. The first kappa shape index (κ1) is 12.5. The highest BCUT2D eigenvalue weighted by atomic mass is 19.1. The number of hydrogen-bond donors (Lipinski definition) is 1. The van der Waals surface area contributed by atoms with Crippen LogP contribution < -0.4 is 0 Å². The Morgan fingerprint density at radius 3 is 2.35 bits per heavy atom. The summed E-state index contributed by atoms with van der Waals surface area (Å²) in [7, 11) is 0. The van der Waals surface area contributed by atoms with E-state index < -0.39 is 5.60 Å². The van der Waals surface area contributed by atoms with Gasteiger partial charge >= 0.3 is 0 Å². The van der Waals surface area contributed by atoms with Gasteiger partial charge < -0.3 is 10.0 Å². The van der Waals surface area contributed by atoms with Crippen molar-refractivity contribution in [1.29, 1.82) is 0 Å². The summed E-state index contributed by atoms with van der Waals surface area (Å²) in [6.07, 6.45) is 2.62. The molecule has 0 radical (unpaired) electrons. The topological polar surface area (TPSA) is 23.5 Å². The summed E-state index contributed by atoms with van der Waals surface area (Å²) in [6.45, 7) is 5.10. The van der Waals surface area contributed by atoms with Gasteiger partial charge in [0, 0.05) is 13.1 Å². The molecule has 94 valence electrons. The van der Waals surface area contributed by atoms with E-state index in [0.29, 0.717) is 0 Å². The smallest absolute Gasteiger partial charge is 0.123 e. The molecule has 0 spiro atoms. The molecule has 1 aromatic carbocycles. The number of halogens is 1. The number of benzene rings is 1. The fourth-order valence-corrected chi connectivity index (χ4v) is 2.51. The third-order valence-corrected chi connectivity index (χ3v) is 3.60. The van der Waals surface area contributed by atoms with Crippen LogP contribution in [0.4, 0.5) is 4.39 Å². The fourth-order valence-electron chi connectivity index (χ4n) is 2.51. The van der Waals surface area contributed by atoms with Crippen molar-refractivity contribution in [3.8, 4) is 0 Å². The van der Waals surface area contributed by atoms with Gasteiger partial charge in [-0.15, -0.1) is 0 Å². The monoisotopic (exact) mass is 237 g/mol. The minimum atomic E-state index is -0.766. The molecule has 1 aromatic rings. The second-order valence-corrected chi connectivity index (χ2v) is 4.88. The van der Waals surface area contributed by atoms with Gasteiger partial charge in [-0.25, -0.2) is 4.39 Å². The molecule has 1 heterocycles. The van der Waals surface area contributed by atoms with Gasteiger partial charge in [0.2, 0.25) is 0 Å². The van der Waals surface area contributed by atoms with Gasteiger partial charge in [-0.3, -0.25) is 0 Å². The number of aliphatic hydroxyl groups is 1. The summed E-state index contributed by atoms with van der Waals surface area (Å²) in [4.78, 5) is 2.37. The van der Waals surface area contributed by atoms with Crippen LogP contribution in [0, 0.1) is 5.82 Å². The molecule has 1 fully saturated rings. The molecular formula is C14H20FNO. The summed E-state index contributed by atoms with van der Waals surface area (Å²) in [5.74, 6) is -0.249. The molecule has 1 saturated heterocycles. The molecule has 0 bridgehead atoms. The summed E-state index contributed by atoms with van der Waals surface area (Å²) >= 11 is 0. The summed E-state index contributed by atoms with van der Waals surface area (Å²) < 4.78 is 12.9. The molecule has 1 aliphatic rings. The van der Waals surface area contributed by atoms with E-state index in [9.17, 15) is 9.50 Å². The number of nitrogens with zero attached hydrogens (tertiary/aromatic N) is 1. The van der Waals surface area contributed by atoms with E-state index in [0.717, 1.165) is 44.5 Å². The summed E-state index contributed by atoms with van der Waals surface area (Å²) in [5, 5.41) is 10.6. The van der Waals surface area contributed by atoms with Crippen molar-refractivity contribution in [2.45, 2.75) is 31.8 Å². The van der Waals surface area contributed by atoms with Gasteiger partial charge in [0.1, 0.15) is 5.82 Å². The molecule has 2 rings (SSSR count). The summed E-state index contributed by atoms with van der Waals surface area (Å²) in [6, 6.07) is 6.24. The largest absolute Gasteiger partial charge is 0.385 e. The van der Waals surface area contributed by atoms with Gasteiger partial charge in [-0.1, -0.05) is 19.1 Å². The number of rotatable bonds is 3. The lowest BCUT2D eigenvalue weighted by Crippen LogP contribution is -2.42. The number of likely N-dealkylation sites (tertiary alicyclic amines) is 1. The quantitative estimate of drug-likeness (QED) is 0.873. The Kier molecular flexibility index (Phi) is 3.79. The summed E-state index contributed by atoms with van der Waals surface area (Å²) in [5.41, 5.74) is 0.0767. The maximum absolute atomic E-state index is 12.9. The zero-order chi connectivity index (χ0) is 12.3.